The minimum Gasteiger partial charge on any atom is -0.476 e. The van der Waals surface area contributed by atoms with E-state index in [9.17, 15) is 42.0 Å². The standard InChI is InChI=1S/C58H68N10O11S2/c1-35-42(40-17-18-47(65-49(40)52(72)73)67-22-19-37-8-6-9-41(43(37)26-67)50(70)66-54-64-45-11-4-5-12-46(45)80-54)25-62-68(35)34-57-29-55(2)28-56(3,30-57)32-58(31-55,33-57)79-23-20-39(81(75,76)77)24-48(69)78-27-36-13-15-38(16-14-36)63-51(71)44(59)10-7-21-61-53(60)74/h4-6,8-9,11-18,25,39,44H,7,10,19-24,26-34,59H2,1-3H3,(H,63,71)(H,72,73)(H3,60,61,74)(H,64,66,70)(H,75,76,77)/t39?,44-,55?,56?,57?,58?/m0/s1. The predicted molar refractivity (Wildman–Crippen MR) is 305 cm³/mol. The van der Waals surface area contributed by atoms with E-state index in [1.165, 1.54) is 11.3 Å². The highest BCUT2D eigenvalue weighted by atomic mass is 32.2. The van der Waals surface area contributed by atoms with Crippen molar-refractivity contribution in [3.8, 4) is 11.1 Å². The van der Waals surface area contributed by atoms with Gasteiger partial charge in [0.25, 0.3) is 16.0 Å². The van der Waals surface area contributed by atoms with E-state index < -0.39 is 57.3 Å². The van der Waals surface area contributed by atoms with Crippen molar-refractivity contribution in [1.29, 1.82) is 0 Å². The van der Waals surface area contributed by atoms with Gasteiger partial charge in [0.2, 0.25) is 5.91 Å². The van der Waals surface area contributed by atoms with Gasteiger partial charge in [-0.15, -0.1) is 0 Å². The molecule has 3 aromatic carbocycles. The van der Waals surface area contributed by atoms with Crippen LogP contribution >= 0.6 is 11.3 Å². The molecule has 4 heterocycles. The number of nitrogens with two attached hydrogens (primary N) is 2. The summed E-state index contributed by atoms with van der Waals surface area (Å²) in [5.41, 5.74) is 16.0. The Morgan fingerprint density at radius 1 is 0.877 bits per heavy atom. The Bertz CT molecular complexity index is 3480. The Labute approximate surface area is 473 Å². The number of urea groups is 1. The highest BCUT2D eigenvalue weighted by molar-refractivity contribution is 7.86. The van der Waals surface area contributed by atoms with Crippen LogP contribution in [0.2, 0.25) is 0 Å². The molecule has 0 spiro atoms. The highest BCUT2D eigenvalue weighted by Gasteiger charge is 2.66. The number of nitrogens with zero attached hydrogens (tertiary/aromatic N) is 5. The molecule has 23 heteroatoms. The molecule has 4 saturated carbocycles. The Hall–Kier alpha value is -7.31. The number of fused-ring (bicyclic) bond motifs is 2. The van der Waals surface area contributed by atoms with E-state index in [1.54, 1.807) is 42.6 Å². The Kier molecular flexibility index (Phi) is 15.9. The number of aromatic nitrogens is 4. The number of hydrogen-bond donors (Lipinski definition) is 7. The third-order valence-corrected chi connectivity index (χ3v) is 18.8. The number of carbonyl (C=O) groups excluding carboxylic acids is 4. The molecule has 81 heavy (non-hydrogen) atoms. The number of ether oxygens (including phenoxy) is 2. The van der Waals surface area contributed by atoms with Gasteiger partial charge in [-0.3, -0.25) is 28.9 Å². The molecule has 4 bridgehead atoms. The number of carboxylic acids is 1. The predicted octanol–water partition coefficient (Wildman–Crippen LogP) is 8.01. The Morgan fingerprint density at radius 3 is 2.35 bits per heavy atom. The Balaban J connectivity index is 0.769. The van der Waals surface area contributed by atoms with Gasteiger partial charge in [0.15, 0.2) is 10.8 Å². The fraction of sp³-hybridized carbons (Fsp3) is 0.448. The lowest BCUT2D eigenvalue weighted by molar-refractivity contribution is -0.248. The first-order valence-corrected chi connectivity index (χ1v) is 29.5. The number of primary amides is 1. The maximum Gasteiger partial charge on any atom is 0.355 e. The first kappa shape index (κ1) is 56.9. The summed E-state index contributed by atoms with van der Waals surface area (Å²) in [6.07, 6.45) is 7.46. The number of carboxylic acid groups (broad SMARTS) is 1. The van der Waals surface area contributed by atoms with E-state index in [-0.39, 0.29) is 54.0 Å². The molecule has 3 unspecified atom stereocenters. The second-order valence-electron chi connectivity index (χ2n) is 23.5. The summed E-state index contributed by atoms with van der Waals surface area (Å²) in [4.78, 5) is 74.6. The van der Waals surface area contributed by atoms with Crippen molar-refractivity contribution >= 4 is 78.1 Å². The average molecular weight is 1150 g/mol. The van der Waals surface area contributed by atoms with E-state index >= 15 is 0 Å². The van der Waals surface area contributed by atoms with Crippen molar-refractivity contribution in [2.45, 2.75) is 128 Å². The molecular weight excluding hydrogens is 1080 g/mol. The number of rotatable bonds is 22. The summed E-state index contributed by atoms with van der Waals surface area (Å²) in [6, 6.07) is 22.0. The zero-order chi connectivity index (χ0) is 57.5. The number of para-hydroxylation sites is 1. The van der Waals surface area contributed by atoms with E-state index in [0.717, 1.165) is 59.1 Å². The number of nitrogens with one attached hydrogen (secondary N) is 3. The fourth-order valence-electron chi connectivity index (χ4n) is 14.2. The number of benzene rings is 3. The number of pyridine rings is 1. The maximum absolute atomic E-state index is 13.7. The van der Waals surface area contributed by atoms with Crippen molar-refractivity contribution in [3.05, 3.63) is 119 Å². The zero-order valence-electron chi connectivity index (χ0n) is 45.5. The quantitative estimate of drug-likeness (QED) is 0.0192. The molecular formula is C58H68N10O11S2. The van der Waals surface area contributed by atoms with Crippen molar-refractivity contribution in [2.75, 3.05) is 35.2 Å². The van der Waals surface area contributed by atoms with Crippen molar-refractivity contribution in [2.24, 2.45) is 27.7 Å². The first-order chi connectivity index (χ1) is 38.5. The van der Waals surface area contributed by atoms with Crippen LogP contribution in [0.1, 0.15) is 121 Å². The molecule has 1 aliphatic heterocycles. The molecule has 4 fully saturated rings. The van der Waals surface area contributed by atoms with E-state index in [2.05, 4.69) is 34.8 Å². The molecule has 6 aromatic rings. The first-order valence-electron chi connectivity index (χ1n) is 27.2. The van der Waals surface area contributed by atoms with Gasteiger partial charge in [-0.1, -0.05) is 61.6 Å². The Morgan fingerprint density at radius 2 is 1.63 bits per heavy atom. The highest BCUT2D eigenvalue weighted by Crippen LogP contribution is 2.72. The largest absolute Gasteiger partial charge is 0.476 e. The minimum atomic E-state index is -4.68. The van der Waals surface area contributed by atoms with Crippen molar-refractivity contribution in [1.82, 2.24) is 25.1 Å². The number of carbonyl (C=O) groups is 5. The summed E-state index contributed by atoms with van der Waals surface area (Å²) < 4.78 is 50.9. The van der Waals surface area contributed by atoms with E-state index in [0.29, 0.717) is 84.2 Å². The van der Waals surface area contributed by atoms with Gasteiger partial charge in [-0.05, 0) is 147 Å². The zero-order valence-corrected chi connectivity index (χ0v) is 47.2. The topological polar surface area (TPSA) is 313 Å². The van der Waals surface area contributed by atoms with Gasteiger partial charge in [0.05, 0.1) is 39.7 Å². The maximum atomic E-state index is 13.7. The number of esters is 1. The van der Waals surface area contributed by atoms with Crippen LogP contribution in [0.5, 0.6) is 0 Å². The van der Waals surface area contributed by atoms with Crippen LogP contribution in [-0.4, -0.2) is 104 Å². The summed E-state index contributed by atoms with van der Waals surface area (Å²) in [5, 5.41) is 22.7. The number of amides is 4. The minimum absolute atomic E-state index is 0.0154. The van der Waals surface area contributed by atoms with E-state index in [1.807, 2.05) is 59.0 Å². The second-order valence-corrected chi connectivity index (χ2v) is 26.2. The molecule has 428 valence electrons. The van der Waals surface area contributed by atoms with Crippen LogP contribution < -0.4 is 32.3 Å². The average Bonchev–Trinajstić information content (AvgIpc) is 3.40. The van der Waals surface area contributed by atoms with Gasteiger partial charge in [0.1, 0.15) is 12.4 Å². The fourth-order valence-corrected chi connectivity index (χ4v) is 15.8. The molecule has 5 aliphatic rings. The third kappa shape index (κ3) is 12.8. The van der Waals surface area contributed by atoms with Gasteiger partial charge in [0, 0.05) is 60.9 Å². The molecule has 4 atom stereocenters. The molecule has 0 radical (unpaired) electrons. The molecule has 4 amide bonds. The number of anilines is 3. The molecule has 21 nitrogen and oxygen atoms in total. The number of thiazole rings is 1. The smallest absolute Gasteiger partial charge is 0.355 e. The molecule has 11 rings (SSSR count). The summed E-state index contributed by atoms with van der Waals surface area (Å²) in [7, 11) is -4.68. The SMILES string of the molecule is Cc1c(-c2ccc(N3CCc4cccc(C(=O)Nc5nc6ccccc6s5)c4C3)nc2C(=O)O)cnn1CC12CC3(C)CC(C)(C1)CC(OCCC(CC(=O)OCc1ccc(NC(=O)[C@@H](N)CCCNC(N)=O)cc1)S(=O)(=O)O)(C3)C2. The molecule has 3 aromatic heterocycles. The van der Waals surface area contributed by atoms with Crippen LogP contribution in [0, 0.1) is 23.2 Å². The number of aromatic carboxylic acids is 1. The van der Waals surface area contributed by atoms with Crippen LogP contribution in [0.3, 0.4) is 0 Å². The summed E-state index contributed by atoms with van der Waals surface area (Å²) in [5.74, 6) is -2.20. The van der Waals surface area contributed by atoms with Crippen molar-refractivity contribution < 1.29 is 51.5 Å². The van der Waals surface area contributed by atoms with Gasteiger partial charge >= 0.3 is 18.0 Å². The van der Waals surface area contributed by atoms with Gasteiger partial charge < -0.3 is 41.6 Å². The monoisotopic (exact) mass is 1140 g/mol. The summed E-state index contributed by atoms with van der Waals surface area (Å²) in [6.45, 7) is 8.09. The summed E-state index contributed by atoms with van der Waals surface area (Å²) >= 11 is 1.41. The molecule has 4 aliphatic carbocycles. The lowest BCUT2D eigenvalue weighted by Gasteiger charge is -2.69. The van der Waals surface area contributed by atoms with E-state index in [4.69, 9.17) is 31.0 Å². The van der Waals surface area contributed by atoms with Crippen LogP contribution in [0.25, 0.3) is 21.3 Å². The van der Waals surface area contributed by atoms with Crippen LogP contribution in [0.15, 0.2) is 85.1 Å². The lowest BCUT2D eigenvalue weighted by Crippen LogP contribution is -2.64. The lowest BCUT2D eigenvalue weighted by atomic mass is 9.39. The van der Waals surface area contributed by atoms with Gasteiger partial charge in [-0.2, -0.15) is 13.5 Å². The molecule has 9 N–H and O–H groups in total. The second kappa shape index (κ2) is 22.6. The third-order valence-electron chi connectivity index (χ3n) is 16.6. The van der Waals surface area contributed by atoms with Crippen LogP contribution in [0.4, 0.5) is 21.4 Å². The normalized spacial score (nSPS) is 22.7. The molecule has 0 saturated heterocycles. The van der Waals surface area contributed by atoms with Crippen LogP contribution in [-0.2, 0) is 55.3 Å². The van der Waals surface area contributed by atoms with Crippen molar-refractivity contribution in [3.63, 3.8) is 0 Å². The van der Waals surface area contributed by atoms with Gasteiger partial charge in [-0.25, -0.2) is 19.6 Å². The number of hydrogen-bond acceptors (Lipinski definition) is 15.